The number of fused-ring (bicyclic) bond motifs is 1. The molecule has 1 saturated heterocycles. The number of aromatic carboxylic acids is 1. The molecule has 1 aromatic carbocycles. The first-order valence-electron chi connectivity index (χ1n) is 19.7. The molecule has 12 nitrogen and oxygen atoms in total. The largest absolute Gasteiger partial charge is 0.476 e. The quantitative estimate of drug-likeness (QED) is 0.127. The van der Waals surface area contributed by atoms with Gasteiger partial charge in [-0.25, -0.2) is 14.8 Å². The van der Waals surface area contributed by atoms with Gasteiger partial charge in [0.1, 0.15) is 5.82 Å². The zero-order valence-corrected chi connectivity index (χ0v) is 33.4. The average molecular weight is 762 g/mol. The van der Waals surface area contributed by atoms with Gasteiger partial charge in [-0.15, -0.1) is 10.2 Å². The number of hydrogen-bond donors (Lipinski definition) is 2. The second kappa shape index (κ2) is 13.3. The van der Waals surface area contributed by atoms with Crippen molar-refractivity contribution in [1.29, 1.82) is 0 Å². The first-order chi connectivity index (χ1) is 26.3. The van der Waals surface area contributed by atoms with Gasteiger partial charge in [-0.2, -0.15) is 5.10 Å². The molecule has 2 unspecified atom stereocenters. The minimum atomic E-state index is -1.09. The number of aryl methyl sites for hydroxylation is 1. The zero-order chi connectivity index (χ0) is 38.2. The van der Waals surface area contributed by atoms with Crippen LogP contribution in [0.25, 0.3) is 21.3 Å². The highest BCUT2D eigenvalue weighted by molar-refractivity contribution is 7.22. The summed E-state index contributed by atoms with van der Waals surface area (Å²) in [5.41, 5.74) is 4.57. The highest BCUT2D eigenvalue weighted by Gasteiger charge is 2.66. The maximum Gasteiger partial charge on any atom is 0.355 e. The molecule has 1 aliphatic heterocycles. The maximum absolute atomic E-state index is 12.8. The Bertz CT molecular complexity index is 2230. The number of carboxylic acids is 1. The maximum atomic E-state index is 12.8. The summed E-state index contributed by atoms with van der Waals surface area (Å²) in [6.07, 6.45) is 11.4. The molecule has 5 aromatic rings. The van der Waals surface area contributed by atoms with Gasteiger partial charge < -0.3 is 25.0 Å². The Morgan fingerprint density at radius 3 is 2.44 bits per heavy atom. The van der Waals surface area contributed by atoms with E-state index in [1.54, 1.807) is 16.2 Å². The van der Waals surface area contributed by atoms with Crippen LogP contribution >= 0.6 is 11.3 Å². The molecule has 4 aromatic heterocycles. The van der Waals surface area contributed by atoms with Crippen molar-refractivity contribution in [3.05, 3.63) is 65.6 Å². The number of hydrogen-bond acceptors (Lipinski definition) is 11. The van der Waals surface area contributed by atoms with Crippen LogP contribution in [0.2, 0.25) is 0 Å². The Labute approximate surface area is 326 Å². The third kappa shape index (κ3) is 6.78. The summed E-state index contributed by atoms with van der Waals surface area (Å²) >= 11 is 1.56. The fraction of sp³-hybridized carbons (Fsp3) is 0.524. The molecule has 4 saturated carbocycles. The van der Waals surface area contributed by atoms with Crippen LogP contribution in [-0.4, -0.2) is 84.8 Å². The summed E-state index contributed by atoms with van der Waals surface area (Å²) in [5, 5.41) is 28.3. The average Bonchev–Trinajstić information content (AvgIpc) is 3.87. The van der Waals surface area contributed by atoms with Crippen molar-refractivity contribution >= 4 is 50.1 Å². The topological polar surface area (TPSA) is 134 Å². The molecule has 55 heavy (non-hydrogen) atoms. The SMILES string of the molecule is Cc1cc(N(C)c2ccc(-c3cnn(CC45CC6(C)CC(C)(C4)CC(OCCN4CCCC4)(C6)C5)c3C)c(C(=O)O)n2)nnc1Nc1nc2ccccc2s1. The van der Waals surface area contributed by atoms with Crippen molar-refractivity contribution in [3.63, 3.8) is 0 Å². The van der Waals surface area contributed by atoms with E-state index in [2.05, 4.69) is 55.8 Å². The zero-order valence-electron chi connectivity index (χ0n) is 32.6. The van der Waals surface area contributed by atoms with Gasteiger partial charge in [-0.3, -0.25) is 4.68 Å². The first kappa shape index (κ1) is 36.2. The number of aromatic nitrogens is 6. The number of nitrogens with zero attached hydrogens (tertiary/aromatic N) is 8. The number of carboxylic acid groups (broad SMARTS) is 1. The molecule has 2 N–H and O–H groups in total. The van der Waals surface area contributed by atoms with Crippen molar-refractivity contribution in [2.75, 3.05) is 43.5 Å². The van der Waals surface area contributed by atoms with Crippen molar-refractivity contribution in [2.45, 2.75) is 91.2 Å². The molecule has 0 spiro atoms. The third-order valence-electron chi connectivity index (χ3n) is 12.8. The number of pyridine rings is 1. The van der Waals surface area contributed by atoms with Crippen molar-refractivity contribution < 1.29 is 14.6 Å². The Morgan fingerprint density at radius 1 is 0.945 bits per heavy atom. The second-order valence-corrected chi connectivity index (χ2v) is 18.9. The van der Waals surface area contributed by atoms with E-state index in [4.69, 9.17) is 9.84 Å². The molecule has 5 heterocycles. The summed E-state index contributed by atoms with van der Waals surface area (Å²) in [4.78, 5) is 26.4. The van der Waals surface area contributed by atoms with E-state index in [0.29, 0.717) is 23.0 Å². The van der Waals surface area contributed by atoms with Gasteiger partial charge in [0.2, 0.25) is 0 Å². The van der Waals surface area contributed by atoms with Crippen LogP contribution in [0.4, 0.5) is 22.6 Å². The van der Waals surface area contributed by atoms with Gasteiger partial charge in [0.05, 0.1) is 28.6 Å². The van der Waals surface area contributed by atoms with Crippen LogP contribution in [0.1, 0.15) is 87.0 Å². The van der Waals surface area contributed by atoms with Gasteiger partial charge in [-0.05, 0) is 130 Å². The lowest BCUT2D eigenvalue weighted by atomic mass is 9.39. The predicted molar refractivity (Wildman–Crippen MR) is 216 cm³/mol. The number of anilines is 4. The summed E-state index contributed by atoms with van der Waals surface area (Å²) in [5.74, 6) is 0.515. The normalized spacial score (nSPS) is 27.3. The molecular formula is C42H51N9O3S. The number of carbonyl (C=O) groups is 1. The fourth-order valence-corrected chi connectivity index (χ4v) is 12.5. The van der Waals surface area contributed by atoms with Crippen molar-refractivity contribution in [2.24, 2.45) is 16.2 Å². The molecule has 0 radical (unpaired) electrons. The lowest BCUT2D eigenvalue weighted by Gasteiger charge is -2.69. The number of likely N-dealkylation sites (tertiary alicyclic amines) is 1. The number of thiazole rings is 1. The molecule has 0 amide bonds. The van der Waals surface area contributed by atoms with Gasteiger partial charge >= 0.3 is 5.97 Å². The van der Waals surface area contributed by atoms with E-state index in [9.17, 15) is 9.90 Å². The smallest absolute Gasteiger partial charge is 0.355 e. The molecule has 288 valence electrons. The molecular weight excluding hydrogens is 711 g/mol. The van der Waals surface area contributed by atoms with Crippen LogP contribution < -0.4 is 10.2 Å². The standard InChI is InChI=1S/C42H51N9O3S/c1-27-18-34(47-48-36(27)46-38-44-31-10-6-7-11-32(31)55-38)49(5)33-13-12-29(35(45-33)37(52)53)30-19-43-51(28(30)2)26-41-21-39(3)20-40(4,22-41)24-42(23-39,25-41)54-17-16-50-14-8-9-15-50/h6-7,10-13,18-19H,8-9,14-17,20-26H2,1-5H3,(H,52,53)(H,44,46,48). The summed E-state index contributed by atoms with van der Waals surface area (Å²) in [6.45, 7) is 14.0. The van der Waals surface area contributed by atoms with Crippen LogP contribution in [0.3, 0.4) is 0 Å². The first-order valence-corrected chi connectivity index (χ1v) is 20.5. The fourth-order valence-electron chi connectivity index (χ4n) is 11.7. The van der Waals surface area contributed by atoms with Crippen molar-refractivity contribution in [3.8, 4) is 11.1 Å². The summed E-state index contributed by atoms with van der Waals surface area (Å²) in [6, 6.07) is 13.6. The van der Waals surface area contributed by atoms with Crippen LogP contribution in [-0.2, 0) is 11.3 Å². The van der Waals surface area contributed by atoms with E-state index in [1.807, 2.05) is 62.6 Å². The van der Waals surface area contributed by atoms with E-state index in [0.717, 1.165) is 71.1 Å². The van der Waals surface area contributed by atoms with Crippen LogP contribution in [0, 0.1) is 30.1 Å². The number of nitrogens with one attached hydrogen (secondary N) is 1. The molecule has 5 aliphatic rings. The molecule has 10 rings (SSSR count). The van der Waals surface area contributed by atoms with Gasteiger partial charge in [0.15, 0.2) is 22.5 Å². The number of ether oxygens (including phenoxy) is 1. The second-order valence-electron chi connectivity index (χ2n) is 17.8. The Hall–Kier alpha value is -4.46. The highest BCUT2D eigenvalue weighted by Crippen LogP contribution is 2.72. The van der Waals surface area contributed by atoms with E-state index >= 15 is 0 Å². The Kier molecular flexibility index (Phi) is 8.78. The van der Waals surface area contributed by atoms with E-state index in [1.165, 1.54) is 45.2 Å². The Morgan fingerprint density at radius 2 is 1.71 bits per heavy atom. The van der Waals surface area contributed by atoms with Crippen molar-refractivity contribution in [1.82, 2.24) is 34.8 Å². The lowest BCUT2D eigenvalue weighted by Crippen LogP contribution is -2.64. The molecule has 5 fully saturated rings. The number of rotatable bonds is 12. The van der Waals surface area contributed by atoms with Crippen LogP contribution in [0.5, 0.6) is 0 Å². The number of benzene rings is 1. The molecule has 4 bridgehead atoms. The van der Waals surface area contributed by atoms with Crippen LogP contribution in [0.15, 0.2) is 48.7 Å². The predicted octanol–water partition coefficient (Wildman–Crippen LogP) is 8.40. The summed E-state index contributed by atoms with van der Waals surface area (Å²) < 4.78 is 10.2. The molecule has 4 aliphatic carbocycles. The summed E-state index contributed by atoms with van der Waals surface area (Å²) in [7, 11) is 1.82. The number of para-hydroxylation sites is 1. The molecule has 2 atom stereocenters. The van der Waals surface area contributed by atoms with Gasteiger partial charge in [-0.1, -0.05) is 37.3 Å². The minimum absolute atomic E-state index is 0.0222. The van der Waals surface area contributed by atoms with E-state index in [-0.39, 0.29) is 27.5 Å². The van der Waals surface area contributed by atoms with Gasteiger partial charge in [0.25, 0.3) is 0 Å². The monoisotopic (exact) mass is 761 g/mol. The van der Waals surface area contributed by atoms with Gasteiger partial charge in [0, 0.05) is 37.0 Å². The van der Waals surface area contributed by atoms with E-state index < -0.39 is 5.97 Å². The Balaban J connectivity index is 0.939. The molecule has 13 heteroatoms. The highest BCUT2D eigenvalue weighted by atomic mass is 32.1. The third-order valence-corrected chi connectivity index (χ3v) is 13.8. The lowest BCUT2D eigenvalue weighted by molar-refractivity contribution is -0.248. The minimum Gasteiger partial charge on any atom is -0.476 e.